The number of aromatic nitrogens is 5. The topological polar surface area (TPSA) is 97.6 Å². The number of hydrogen-bond donors (Lipinski definition) is 2. The molecule has 0 saturated carbocycles. The maximum absolute atomic E-state index is 12.4. The fraction of sp³-hybridized carbons (Fsp3) is 0.312. The van der Waals surface area contributed by atoms with Gasteiger partial charge < -0.3 is 5.32 Å². The van der Waals surface area contributed by atoms with Gasteiger partial charge in [0.2, 0.25) is 5.13 Å². The molecule has 26 heavy (non-hydrogen) atoms. The average molecular weight is 390 g/mol. The molecule has 0 spiro atoms. The highest BCUT2D eigenvalue weighted by Crippen LogP contribution is 2.31. The number of nitrogens with one attached hydrogen (secondary N) is 2. The van der Waals surface area contributed by atoms with E-state index < -0.39 is 0 Å². The van der Waals surface area contributed by atoms with Crippen LogP contribution in [-0.2, 0) is 0 Å². The first-order chi connectivity index (χ1) is 12.7. The Kier molecular flexibility index (Phi) is 4.91. The molecule has 1 aliphatic rings. The van der Waals surface area contributed by atoms with Crippen molar-refractivity contribution in [3.8, 4) is 10.6 Å². The monoisotopic (exact) mass is 389 g/mol. The molecule has 2 aromatic heterocycles. The van der Waals surface area contributed by atoms with Crippen molar-refractivity contribution in [1.29, 1.82) is 0 Å². The third kappa shape index (κ3) is 3.59. The largest absolute Gasteiger partial charge is 0.317 e. The van der Waals surface area contributed by atoms with Crippen LogP contribution in [-0.4, -0.2) is 44.2 Å². The van der Waals surface area contributed by atoms with Crippen molar-refractivity contribution in [2.45, 2.75) is 18.9 Å². The van der Waals surface area contributed by atoms with Crippen LogP contribution in [0, 0.1) is 0 Å². The van der Waals surface area contributed by atoms with Crippen molar-refractivity contribution in [1.82, 2.24) is 30.5 Å². The average Bonchev–Trinajstić information content (AvgIpc) is 3.33. The molecule has 1 aliphatic heterocycles. The van der Waals surface area contributed by atoms with Gasteiger partial charge in [-0.3, -0.25) is 10.1 Å². The Labute approximate surface area is 158 Å². The fourth-order valence-corrected chi connectivity index (χ4v) is 3.87. The second-order valence-corrected chi connectivity index (χ2v) is 7.30. The van der Waals surface area contributed by atoms with Gasteiger partial charge >= 0.3 is 0 Å². The van der Waals surface area contributed by atoms with Gasteiger partial charge in [0.1, 0.15) is 0 Å². The van der Waals surface area contributed by atoms with Crippen molar-refractivity contribution >= 4 is 34.0 Å². The number of amides is 1. The maximum Gasteiger partial charge on any atom is 0.279 e. The molecule has 0 unspecified atom stereocenters. The summed E-state index contributed by atoms with van der Waals surface area (Å²) in [6.45, 7) is 1.89. The Balaban J connectivity index is 1.45. The number of carbonyl (C=O) groups is 1. The van der Waals surface area contributed by atoms with E-state index in [1.165, 1.54) is 11.3 Å². The van der Waals surface area contributed by atoms with Gasteiger partial charge in [-0.1, -0.05) is 46.4 Å². The summed E-state index contributed by atoms with van der Waals surface area (Å²) < 4.78 is 1.77. The van der Waals surface area contributed by atoms with Crippen molar-refractivity contribution < 1.29 is 4.79 Å². The molecule has 10 heteroatoms. The maximum atomic E-state index is 12.4. The molecule has 3 heterocycles. The molecule has 134 valence electrons. The lowest BCUT2D eigenvalue weighted by atomic mass is 10.1. The van der Waals surface area contributed by atoms with Gasteiger partial charge in [-0.2, -0.15) is 0 Å². The minimum atomic E-state index is -0.355. The second kappa shape index (κ2) is 7.48. The molecule has 2 N–H and O–H groups in total. The molecular formula is C16H16ClN7OS. The van der Waals surface area contributed by atoms with Crippen LogP contribution in [0.25, 0.3) is 10.6 Å². The van der Waals surface area contributed by atoms with Crippen molar-refractivity contribution in [2.75, 3.05) is 18.4 Å². The molecule has 1 saturated heterocycles. The number of rotatable bonds is 4. The highest BCUT2D eigenvalue weighted by Gasteiger charge is 2.20. The standard InChI is InChI=1S/C16H16ClN7OS/c17-12-4-2-1-3-11(12)15-21-22-16(26-15)19-14(25)13-9-24(23-20-13)10-5-7-18-8-6-10/h1-4,9-10,18H,5-8H2,(H,19,22,25). The lowest BCUT2D eigenvalue weighted by molar-refractivity contribution is 0.102. The zero-order valence-corrected chi connectivity index (χ0v) is 15.3. The summed E-state index contributed by atoms with van der Waals surface area (Å²) >= 11 is 7.43. The van der Waals surface area contributed by atoms with Gasteiger partial charge in [0.25, 0.3) is 5.91 Å². The van der Waals surface area contributed by atoms with Gasteiger partial charge in [0.05, 0.1) is 17.3 Å². The van der Waals surface area contributed by atoms with Crippen LogP contribution in [0.2, 0.25) is 5.02 Å². The summed E-state index contributed by atoms with van der Waals surface area (Å²) in [7, 11) is 0. The highest BCUT2D eigenvalue weighted by molar-refractivity contribution is 7.18. The molecule has 1 fully saturated rings. The Morgan fingerprint density at radius 1 is 1.23 bits per heavy atom. The molecule has 0 aliphatic carbocycles. The van der Waals surface area contributed by atoms with Gasteiger partial charge in [0.15, 0.2) is 10.7 Å². The molecule has 1 aromatic carbocycles. The lowest BCUT2D eigenvalue weighted by Gasteiger charge is -2.21. The molecule has 1 amide bonds. The quantitative estimate of drug-likeness (QED) is 0.711. The highest BCUT2D eigenvalue weighted by atomic mass is 35.5. The van der Waals surface area contributed by atoms with Crippen LogP contribution in [0.4, 0.5) is 5.13 Å². The Bertz CT molecular complexity index is 919. The van der Waals surface area contributed by atoms with Crippen molar-refractivity contribution in [2.24, 2.45) is 0 Å². The minimum Gasteiger partial charge on any atom is -0.317 e. The number of nitrogens with zero attached hydrogens (tertiary/aromatic N) is 5. The Morgan fingerprint density at radius 3 is 2.85 bits per heavy atom. The predicted molar refractivity (Wildman–Crippen MR) is 99.5 cm³/mol. The number of carbonyl (C=O) groups excluding carboxylic acids is 1. The summed E-state index contributed by atoms with van der Waals surface area (Å²) in [6.07, 6.45) is 3.63. The van der Waals surface area contributed by atoms with E-state index in [1.54, 1.807) is 16.9 Å². The van der Waals surface area contributed by atoms with E-state index in [1.807, 2.05) is 18.2 Å². The van der Waals surface area contributed by atoms with E-state index >= 15 is 0 Å². The van der Waals surface area contributed by atoms with Crippen LogP contribution in [0.3, 0.4) is 0 Å². The first-order valence-corrected chi connectivity index (χ1v) is 9.42. The number of anilines is 1. The van der Waals surface area contributed by atoms with Crippen molar-refractivity contribution in [3.05, 3.63) is 41.2 Å². The SMILES string of the molecule is O=C(Nc1nnc(-c2ccccc2Cl)s1)c1cn(C2CCNCC2)nn1. The normalized spacial score (nSPS) is 15.1. The molecular weight excluding hydrogens is 374 g/mol. The third-order valence-corrected chi connectivity index (χ3v) is 5.38. The number of hydrogen-bond acceptors (Lipinski definition) is 7. The summed E-state index contributed by atoms with van der Waals surface area (Å²) in [4.78, 5) is 12.4. The van der Waals surface area contributed by atoms with E-state index in [0.29, 0.717) is 15.2 Å². The zero-order chi connectivity index (χ0) is 17.9. The molecule has 0 radical (unpaired) electrons. The lowest BCUT2D eigenvalue weighted by Crippen LogP contribution is -2.29. The van der Waals surface area contributed by atoms with Crippen LogP contribution in [0.15, 0.2) is 30.5 Å². The van der Waals surface area contributed by atoms with Gasteiger partial charge in [-0.05, 0) is 32.0 Å². The van der Waals surface area contributed by atoms with Crippen LogP contribution in [0.1, 0.15) is 29.4 Å². The molecule has 0 atom stereocenters. The number of piperidine rings is 1. The number of halogens is 1. The zero-order valence-electron chi connectivity index (χ0n) is 13.7. The summed E-state index contributed by atoms with van der Waals surface area (Å²) in [5, 5.41) is 23.8. The summed E-state index contributed by atoms with van der Waals surface area (Å²) in [6, 6.07) is 7.65. The number of benzene rings is 1. The molecule has 8 nitrogen and oxygen atoms in total. The van der Waals surface area contributed by atoms with Crippen LogP contribution < -0.4 is 10.6 Å². The van der Waals surface area contributed by atoms with Crippen molar-refractivity contribution in [3.63, 3.8) is 0 Å². The first kappa shape index (κ1) is 17.1. The Hall–Kier alpha value is -2.36. The fourth-order valence-electron chi connectivity index (χ4n) is 2.81. The smallest absolute Gasteiger partial charge is 0.279 e. The predicted octanol–water partition coefficient (Wildman–Crippen LogP) is 2.63. The molecule has 3 aromatic rings. The minimum absolute atomic E-state index is 0.262. The van der Waals surface area contributed by atoms with E-state index in [2.05, 4.69) is 31.1 Å². The van der Waals surface area contributed by atoms with Gasteiger partial charge in [-0.25, -0.2) is 4.68 Å². The first-order valence-electron chi connectivity index (χ1n) is 8.23. The second-order valence-electron chi connectivity index (χ2n) is 5.91. The van der Waals surface area contributed by atoms with E-state index in [4.69, 9.17) is 11.6 Å². The van der Waals surface area contributed by atoms with Gasteiger partial charge in [0, 0.05) is 5.56 Å². The van der Waals surface area contributed by atoms with Gasteiger partial charge in [-0.15, -0.1) is 15.3 Å². The Morgan fingerprint density at radius 2 is 2.04 bits per heavy atom. The van der Waals surface area contributed by atoms with E-state index in [0.717, 1.165) is 31.5 Å². The third-order valence-electron chi connectivity index (χ3n) is 4.18. The summed E-state index contributed by atoms with van der Waals surface area (Å²) in [5.41, 5.74) is 1.04. The summed E-state index contributed by atoms with van der Waals surface area (Å²) in [5.74, 6) is -0.355. The van der Waals surface area contributed by atoms with Crippen LogP contribution in [0.5, 0.6) is 0 Å². The molecule has 0 bridgehead atoms. The van der Waals surface area contributed by atoms with Crippen LogP contribution >= 0.6 is 22.9 Å². The van der Waals surface area contributed by atoms with E-state index in [9.17, 15) is 4.79 Å². The molecule has 4 rings (SSSR count). The van der Waals surface area contributed by atoms with E-state index in [-0.39, 0.29) is 17.6 Å².